The molecule has 0 radical (unpaired) electrons. The number of likely N-dealkylation sites (N-methyl/N-ethyl adjacent to an activating group) is 1. The van der Waals surface area contributed by atoms with E-state index >= 15 is 0 Å². The number of hydrogen-bond acceptors (Lipinski definition) is 5. The molecule has 0 aliphatic carbocycles. The third-order valence-electron chi connectivity index (χ3n) is 6.47. The molecule has 0 amide bonds. The largest absolute Gasteiger partial charge is 0.550 e. The van der Waals surface area contributed by atoms with Gasteiger partial charge in [0.2, 0.25) is 0 Å². The van der Waals surface area contributed by atoms with Gasteiger partial charge >= 0.3 is 11.9 Å². The van der Waals surface area contributed by atoms with E-state index in [9.17, 15) is 19.5 Å². The number of unbranched alkanes of at least 4 members (excludes halogenated alkanes) is 17. The molecule has 36 heavy (non-hydrogen) atoms. The molecule has 0 bridgehead atoms. The maximum absolute atomic E-state index is 12.1. The fourth-order valence-corrected chi connectivity index (χ4v) is 4.56. The molecule has 7 nitrogen and oxygen atoms in total. The predicted molar refractivity (Wildman–Crippen MR) is 142 cm³/mol. The number of carboxylic acids is 2. The summed E-state index contributed by atoms with van der Waals surface area (Å²) < 4.78 is 5.92. The first-order valence-electron chi connectivity index (χ1n) is 14.5. The van der Waals surface area contributed by atoms with Crippen molar-refractivity contribution in [2.24, 2.45) is 0 Å². The molecule has 1 atom stereocenters. The minimum absolute atomic E-state index is 0.250. The zero-order valence-electron chi connectivity index (χ0n) is 23.6. The monoisotopic (exact) mass is 513 g/mol. The van der Waals surface area contributed by atoms with Crippen LogP contribution in [0.4, 0.5) is 0 Å². The number of carbonyl (C=O) groups is 3. The van der Waals surface area contributed by atoms with Gasteiger partial charge < -0.3 is 24.2 Å². The van der Waals surface area contributed by atoms with E-state index in [0.717, 1.165) is 32.1 Å². The molecule has 0 saturated carbocycles. The van der Waals surface area contributed by atoms with Crippen molar-refractivity contribution in [2.45, 2.75) is 141 Å². The van der Waals surface area contributed by atoms with E-state index in [1.807, 2.05) is 21.1 Å². The second-order valence-electron chi connectivity index (χ2n) is 11.4. The van der Waals surface area contributed by atoms with Crippen molar-refractivity contribution in [3.05, 3.63) is 0 Å². The summed E-state index contributed by atoms with van der Waals surface area (Å²) in [6.07, 6.45) is 21.4. The highest BCUT2D eigenvalue weighted by molar-refractivity contribution is 5.70. The predicted octanol–water partition coefficient (Wildman–Crippen LogP) is 5.63. The maximum atomic E-state index is 12.1. The highest BCUT2D eigenvalue weighted by atomic mass is 16.5. The Kier molecular flexibility index (Phi) is 21.5. The number of esters is 1. The molecule has 0 saturated heterocycles. The summed E-state index contributed by atoms with van der Waals surface area (Å²) >= 11 is 0. The fourth-order valence-electron chi connectivity index (χ4n) is 4.56. The van der Waals surface area contributed by atoms with E-state index in [4.69, 9.17) is 9.84 Å². The highest BCUT2D eigenvalue weighted by Crippen LogP contribution is 2.15. The molecule has 0 rings (SSSR count). The van der Waals surface area contributed by atoms with Crippen LogP contribution in [0.1, 0.15) is 135 Å². The molecule has 0 heterocycles. The average Bonchev–Trinajstić information content (AvgIpc) is 2.75. The lowest BCUT2D eigenvalue weighted by molar-refractivity contribution is -0.873. The van der Waals surface area contributed by atoms with Crippen LogP contribution < -0.4 is 5.11 Å². The Morgan fingerprint density at radius 1 is 0.639 bits per heavy atom. The van der Waals surface area contributed by atoms with Gasteiger partial charge in [0.25, 0.3) is 0 Å². The number of aliphatic carboxylic acids is 2. The van der Waals surface area contributed by atoms with E-state index in [0.29, 0.717) is 23.9 Å². The van der Waals surface area contributed by atoms with Crippen LogP contribution in [0.5, 0.6) is 0 Å². The molecular weight excluding hydrogens is 458 g/mol. The zero-order valence-corrected chi connectivity index (χ0v) is 23.6. The van der Waals surface area contributed by atoms with Gasteiger partial charge in [-0.2, -0.15) is 0 Å². The summed E-state index contributed by atoms with van der Waals surface area (Å²) in [5, 5.41) is 19.5. The molecule has 0 aromatic heterocycles. The molecular formula is C29H55NO6. The van der Waals surface area contributed by atoms with E-state index in [1.54, 1.807) is 0 Å². The first-order chi connectivity index (χ1) is 17.1. The van der Waals surface area contributed by atoms with Crippen LogP contribution in [0.15, 0.2) is 0 Å². The van der Waals surface area contributed by atoms with Gasteiger partial charge in [-0.1, -0.05) is 103 Å². The first-order valence-corrected chi connectivity index (χ1v) is 14.5. The van der Waals surface area contributed by atoms with E-state index in [1.165, 1.54) is 83.5 Å². The summed E-state index contributed by atoms with van der Waals surface area (Å²) in [5.74, 6) is -2.17. The van der Waals surface area contributed by atoms with Crippen LogP contribution in [0.3, 0.4) is 0 Å². The van der Waals surface area contributed by atoms with Crippen molar-refractivity contribution in [1.29, 1.82) is 0 Å². The number of carbonyl (C=O) groups excluding carboxylic acids is 2. The molecule has 212 valence electrons. The molecule has 1 N–H and O–H groups in total. The third-order valence-corrected chi connectivity index (χ3v) is 6.47. The lowest BCUT2D eigenvalue weighted by Crippen LogP contribution is -2.45. The molecule has 0 spiro atoms. The van der Waals surface area contributed by atoms with Gasteiger partial charge in [-0.15, -0.1) is 0 Å². The molecule has 0 fully saturated rings. The zero-order chi connectivity index (χ0) is 27.1. The molecule has 0 aliphatic heterocycles. The minimum Gasteiger partial charge on any atom is -0.550 e. The topological polar surface area (TPSA) is 104 Å². The van der Waals surface area contributed by atoms with Crippen LogP contribution in [0.2, 0.25) is 0 Å². The Hall–Kier alpha value is -1.63. The Labute approximate surface area is 220 Å². The summed E-state index contributed by atoms with van der Waals surface area (Å²) in [4.78, 5) is 33.4. The number of ether oxygens (including phenoxy) is 1. The van der Waals surface area contributed by atoms with Gasteiger partial charge in [-0.3, -0.25) is 9.59 Å². The second-order valence-corrected chi connectivity index (χ2v) is 11.4. The number of nitrogens with zero attached hydrogens (tertiary/aromatic N) is 1. The van der Waals surface area contributed by atoms with Crippen molar-refractivity contribution < 1.29 is 33.8 Å². The van der Waals surface area contributed by atoms with Gasteiger partial charge in [0.05, 0.1) is 21.1 Å². The lowest BCUT2D eigenvalue weighted by Gasteiger charge is -2.29. The van der Waals surface area contributed by atoms with E-state index < -0.39 is 18.0 Å². The van der Waals surface area contributed by atoms with Crippen LogP contribution in [-0.2, 0) is 19.1 Å². The fraction of sp³-hybridized carbons (Fsp3) is 0.897. The van der Waals surface area contributed by atoms with Gasteiger partial charge in [0.15, 0.2) is 6.10 Å². The van der Waals surface area contributed by atoms with Gasteiger partial charge in [0.1, 0.15) is 6.54 Å². The van der Waals surface area contributed by atoms with Crippen molar-refractivity contribution in [3.8, 4) is 0 Å². The van der Waals surface area contributed by atoms with Crippen LogP contribution in [0, 0.1) is 0 Å². The van der Waals surface area contributed by atoms with Crippen molar-refractivity contribution in [1.82, 2.24) is 0 Å². The van der Waals surface area contributed by atoms with E-state index in [-0.39, 0.29) is 12.4 Å². The normalized spacial score (nSPS) is 12.4. The van der Waals surface area contributed by atoms with Crippen LogP contribution in [0.25, 0.3) is 0 Å². The smallest absolute Gasteiger partial charge is 0.306 e. The standard InChI is InChI=1S/C29H55NO6/c1-30(2,3)25-26(24-28(33)34)36-29(35)23-21-19-17-15-13-11-9-7-5-4-6-8-10-12-14-16-18-20-22-27(31)32/h26H,4-25H2,1-3H3,(H-,31,32,33,34)/t26-/m1/s1. The first kappa shape index (κ1) is 34.4. The highest BCUT2D eigenvalue weighted by Gasteiger charge is 2.22. The molecule has 0 aliphatic rings. The quantitative estimate of drug-likeness (QED) is 0.0913. The van der Waals surface area contributed by atoms with Crippen LogP contribution in [-0.4, -0.2) is 61.3 Å². The van der Waals surface area contributed by atoms with Crippen molar-refractivity contribution >= 4 is 17.9 Å². The average molecular weight is 514 g/mol. The SMILES string of the molecule is C[N+](C)(C)C[C@@H](CC(=O)[O-])OC(=O)CCCCCCCCCCCCCCCCCCCCC(=O)O. The lowest BCUT2D eigenvalue weighted by atomic mass is 10.0. The Bertz CT molecular complexity index is 573. The Morgan fingerprint density at radius 2 is 0.972 bits per heavy atom. The van der Waals surface area contributed by atoms with Gasteiger partial charge in [-0.25, -0.2) is 0 Å². The van der Waals surface area contributed by atoms with Gasteiger partial charge in [-0.05, 0) is 12.8 Å². The summed E-state index contributed by atoms with van der Waals surface area (Å²) in [5.41, 5.74) is 0. The number of hydrogen-bond donors (Lipinski definition) is 1. The maximum Gasteiger partial charge on any atom is 0.306 e. The third kappa shape index (κ3) is 27.0. The summed E-state index contributed by atoms with van der Waals surface area (Å²) in [7, 11) is 5.82. The number of quaternary nitrogens is 1. The van der Waals surface area contributed by atoms with Crippen molar-refractivity contribution in [3.63, 3.8) is 0 Å². The Morgan fingerprint density at radius 3 is 1.28 bits per heavy atom. The Balaban J connectivity index is 3.43. The molecule has 0 unspecified atom stereocenters. The number of rotatable bonds is 26. The summed E-state index contributed by atoms with van der Waals surface area (Å²) in [6, 6.07) is 0. The van der Waals surface area contributed by atoms with E-state index in [2.05, 4.69) is 0 Å². The summed E-state index contributed by atoms with van der Waals surface area (Å²) in [6.45, 7) is 0.457. The number of carboxylic acid groups (broad SMARTS) is 2. The molecule has 0 aromatic rings. The molecule has 7 heteroatoms. The minimum atomic E-state index is -1.18. The second kappa shape index (κ2) is 22.6. The van der Waals surface area contributed by atoms with Crippen molar-refractivity contribution in [2.75, 3.05) is 27.7 Å². The van der Waals surface area contributed by atoms with Gasteiger partial charge in [0, 0.05) is 25.2 Å². The van der Waals surface area contributed by atoms with Crippen LogP contribution >= 0.6 is 0 Å². The molecule has 0 aromatic carbocycles.